The molecule has 9 nitrogen and oxygen atoms in total. The van der Waals surface area contributed by atoms with Crippen molar-refractivity contribution in [1.82, 2.24) is 10.3 Å². The van der Waals surface area contributed by atoms with E-state index in [4.69, 9.17) is 0 Å². The van der Waals surface area contributed by atoms with Gasteiger partial charge in [-0.2, -0.15) is 0 Å². The Morgan fingerprint density at radius 3 is 2.28 bits per heavy atom. The third-order valence-electron chi connectivity index (χ3n) is 5.57. The highest BCUT2D eigenvalue weighted by molar-refractivity contribution is 7.94. The maximum absolute atomic E-state index is 13.2. The summed E-state index contributed by atoms with van der Waals surface area (Å²) in [6.45, 7) is 0. The van der Waals surface area contributed by atoms with Gasteiger partial charge in [0.25, 0.3) is 0 Å². The summed E-state index contributed by atoms with van der Waals surface area (Å²) < 4.78 is 48.7. The molecule has 0 aliphatic heterocycles. The molecule has 0 radical (unpaired) electrons. The highest BCUT2D eigenvalue weighted by atomic mass is 32.2. The first kappa shape index (κ1) is 24.3. The van der Waals surface area contributed by atoms with Crippen LogP contribution in [0, 0.1) is 5.92 Å². The highest BCUT2D eigenvalue weighted by Gasteiger charge is 2.38. The second-order valence-electron chi connectivity index (χ2n) is 7.87. The molecule has 1 aromatic carbocycles. The summed E-state index contributed by atoms with van der Waals surface area (Å²) in [5.74, 6) is -3.00. The van der Waals surface area contributed by atoms with E-state index >= 15 is 0 Å². The lowest BCUT2D eigenvalue weighted by Gasteiger charge is -2.23. The van der Waals surface area contributed by atoms with Crippen LogP contribution in [0.4, 0.5) is 0 Å². The molecule has 0 bridgehead atoms. The van der Waals surface area contributed by atoms with E-state index in [1.165, 1.54) is 29.8 Å². The Kier molecular flexibility index (Phi) is 7.36. The number of aliphatic carboxylic acids is 1. The molecule has 1 aliphatic rings. The molecule has 2 unspecified atom stereocenters. The molecule has 1 amide bonds. The number of thiazole rings is 1. The Morgan fingerprint density at radius 2 is 1.78 bits per heavy atom. The number of hydrogen-bond donors (Lipinski definition) is 2. The molecule has 1 saturated carbocycles. The van der Waals surface area contributed by atoms with Crippen molar-refractivity contribution in [3.63, 3.8) is 0 Å². The first-order valence-electron chi connectivity index (χ1n) is 9.95. The quantitative estimate of drug-likeness (QED) is 0.532. The molecular weight excluding hydrogens is 476 g/mol. The number of carbonyl (C=O) groups is 2. The van der Waals surface area contributed by atoms with Crippen LogP contribution in [0.2, 0.25) is 0 Å². The van der Waals surface area contributed by atoms with E-state index in [9.17, 15) is 31.5 Å². The summed E-state index contributed by atoms with van der Waals surface area (Å²) in [5.41, 5.74) is 1.76. The Hall–Kier alpha value is -2.31. The molecule has 0 spiro atoms. The summed E-state index contributed by atoms with van der Waals surface area (Å²) in [6, 6.07) is 5.82. The average Bonchev–Trinajstić information content (AvgIpc) is 3.43. The molecule has 1 heterocycles. The molecule has 1 aliphatic carbocycles. The zero-order chi connectivity index (χ0) is 23.5. The van der Waals surface area contributed by atoms with Gasteiger partial charge in [0.15, 0.2) is 9.84 Å². The van der Waals surface area contributed by atoms with Gasteiger partial charge in [-0.1, -0.05) is 37.8 Å². The van der Waals surface area contributed by atoms with Gasteiger partial charge < -0.3 is 10.4 Å². The van der Waals surface area contributed by atoms with Crippen LogP contribution in [0.3, 0.4) is 0 Å². The Balaban J connectivity index is 1.91. The van der Waals surface area contributed by atoms with Crippen LogP contribution in [0.15, 0.2) is 45.1 Å². The van der Waals surface area contributed by atoms with Gasteiger partial charge in [0.05, 0.1) is 22.5 Å². The van der Waals surface area contributed by atoms with E-state index in [0.717, 1.165) is 49.5 Å². The Bertz CT molecular complexity index is 1170. The molecule has 2 atom stereocenters. The standard InChI is InChI=1S/C20H24N2O7S3/c1-31(26,27)15-8-6-14(7-9-15)16(10-13-4-2-3-5-13)18(23)22-19(20(24)25)32(28,29)17-11-21-12-30-17/h6-9,11-13,16,19H,2-5,10H2,1H3,(H,22,23)(H,24,25). The highest BCUT2D eigenvalue weighted by Crippen LogP contribution is 2.35. The number of carboxylic acid groups (broad SMARTS) is 1. The van der Waals surface area contributed by atoms with Crippen LogP contribution < -0.4 is 5.32 Å². The van der Waals surface area contributed by atoms with E-state index < -0.39 is 42.8 Å². The molecule has 1 fully saturated rings. The third-order valence-corrected chi connectivity index (χ3v) is 9.85. The lowest BCUT2D eigenvalue weighted by atomic mass is 9.87. The number of nitrogens with zero attached hydrogens (tertiary/aromatic N) is 1. The molecule has 3 rings (SSSR count). The molecule has 1 aromatic heterocycles. The second-order valence-corrected chi connectivity index (χ2v) is 13.0. The van der Waals surface area contributed by atoms with Crippen molar-refractivity contribution in [1.29, 1.82) is 0 Å². The predicted octanol–water partition coefficient (Wildman–Crippen LogP) is 2.21. The topological polar surface area (TPSA) is 148 Å². The normalized spacial score (nSPS) is 17.0. The molecule has 0 saturated heterocycles. The molecular formula is C20H24N2O7S3. The maximum Gasteiger partial charge on any atom is 0.342 e. The number of carboxylic acids is 1. The molecule has 12 heteroatoms. The van der Waals surface area contributed by atoms with Gasteiger partial charge in [0.1, 0.15) is 4.21 Å². The van der Waals surface area contributed by atoms with E-state index in [-0.39, 0.29) is 15.0 Å². The summed E-state index contributed by atoms with van der Waals surface area (Å²) in [4.78, 5) is 28.7. The number of carbonyl (C=O) groups excluding carboxylic acids is 1. The van der Waals surface area contributed by atoms with Crippen molar-refractivity contribution >= 4 is 42.9 Å². The second kappa shape index (κ2) is 9.67. The van der Waals surface area contributed by atoms with E-state index in [0.29, 0.717) is 12.0 Å². The van der Waals surface area contributed by atoms with Gasteiger partial charge in [-0.25, -0.2) is 21.6 Å². The van der Waals surface area contributed by atoms with Crippen molar-refractivity contribution in [2.24, 2.45) is 5.92 Å². The van der Waals surface area contributed by atoms with Crippen molar-refractivity contribution in [3.05, 3.63) is 41.5 Å². The van der Waals surface area contributed by atoms with E-state index in [2.05, 4.69) is 10.3 Å². The van der Waals surface area contributed by atoms with E-state index in [1.807, 2.05) is 0 Å². The van der Waals surface area contributed by atoms with Gasteiger partial charge in [-0.3, -0.25) is 9.78 Å². The largest absolute Gasteiger partial charge is 0.479 e. The monoisotopic (exact) mass is 500 g/mol. The van der Waals surface area contributed by atoms with Crippen LogP contribution in [-0.4, -0.2) is 50.4 Å². The Morgan fingerprint density at radius 1 is 1.16 bits per heavy atom. The van der Waals surface area contributed by atoms with E-state index in [1.54, 1.807) is 0 Å². The van der Waals surface area contributed by atoms with Crippen LogP contribution in [-0.2, 0) is 29.3 Å². The smallest absolute Gasteiger partial charge is 0.342 e. The van der Waals surface area contributed by atoms with Crippen molar-refractivity contribution in [3.8, 4) is 0 Å². The summed E-state index contributed by atoms with van der Waals surface area (Å²) >= 11 is 0.767. The van der Waals surface area contributed by atoms with Crippen LogP contribution >= 0.6 is 11.3 Å². The molecule has 2 N–H and O–H groups in total. The minimum absolute atomic E-state index is 0.0949. The summed E-state index contributed by atoms with van der Waals surface area (Å²) in [5, 5.41) is 9.58. The lowest BCUT2D eigenvalue weighted by molar-refractivity contribution is -0.139. The summed E-state index contributed by atoms with van der Waals surface area (Å²) in [7, 11) is -7.80. The van der Waals surface area contributed by atoms with Gasteiger partial charge in [-0.15, -0.1) is 11.3 Å². The molecule has 32 heavy (non-hydrogen) atoms. The van der Waals surface area contributed by atoms with Gasteiger partial charge in [0.2, 0.25) is 21.1 Å². The number of benzene rings is 1. The summed E-state index contributed by atoms with van der Waals surface area (Å²) in [6.07, 6.45) is 6.44. The maximum atomic E-state index is 13.2. The number of sulfone groups is 2. The van der Waals surface area contributed by atoms with Crippen molar-refractivity contribution < 1.29 is 31.5 Å². The van der Waals surface area contributed by atoms with Gasteiger partial charge in [0, 0.05) is 6.26 Å². The number of aromatic nitrogens is 1. The number of rotatable bonds is 9. The van der Waals surface area contributed by atoms with Gasteiger partial charge >= 0.3 is 5.97 Å². The zero-order valence-corrected chi connectivity index (χ0v) is 19.7. The van der Waals surface area contributed by atoms with Gasteiger partial charge in [-0.05, 0) is 30.0 Å². The number of hydrogen-bond acceptors (Lipinski definition) is 8. The predicted molar refractivity (Wildman–Crippen MR) is 118 cm³/mol. The third kappa shape index (κ3) is 5.54. The average molecular weight is 501 g/mol. The first-order valence-corrected chi connectivity index (χ1v) is 14.3. The minimum Gasteiger partial charge on any atom is -0.479 e. The molecule has 2 aromatic rings. The number of nitrogens with one attached hydrogen (secondary N) is 1. The Labute approximate surface area is 190 Å². The zero-order valence-electron chi connectivity index (χ0n) is 17.3. The van der Waals surface area contributed by atoms with Crippen LogP contribution in [0.25, 0.3) is 0 Å². The number of amides is 1. The lowest BCUT2D eigenvalue weighted by Crippen LogP contribution is -2.48. The minimum atomic E-state index is -4.38. The fourth-order valence-electron chi connectivity index (χ4n) is 3.88. The van der Waals surface area contributed by atoms with Crippen LogP contribution in [0.1, 0.15) is 43.6 Å². The van der Waals surface area contributed by atoms with Crippen molar-refractivity contribution in [2.75, 3.05) is 6.26 Å². The fraction of sp³-hybridized carbons (Fsp3) is 0.450. The molecule has 174 valence electrons. The van der Waals surface area contributed by atoms with Crippen molar-refractivity contribution in [2.45, 2.75) is 52.5 Å². The fourth-order valence-corrected chi connectivity index (χ4v) is 6.79. The van der Waals surface area contributed by atoms with Crippen LogP contribution in [0.5, 0.6) is 0 Å². The first-order chi connectivity index (χ1) is 15.0. The SMILES string of the molecule is CS(=O)(=O)c1ccc(C(CC2CCCC2)C(=O)NC(C(=O)O)S(=O)(=O)c2cncs2)cc1.